The van der Waals surface area contributed by atoms with E-state index in [0.717, 1.165) is 5.92 Å². The number of nitrogens with zero attached hydrogens (tertiary/aromatic N) is 1. The van der Waals surface area contributed by atoms with Gasteiger partial charge in [-0.1, -0.05) is 62.7 Å². The Morgan fingerprint density at radius 1 is 0.857 bits per heavy atom. The minimum Gasteiger partial charge on any atom is -0.378 e. The summed E-state index contributed by atoms with van der Waals surface area (Å²) >= 11 is 0. The van der Waals surface area contributed by atoms with E-state index in [4.69, 9.17) is 0 Å². The molecule has 0 fully saturated rings. The average molecular weight is 281 g/mol. The largest absolute Gasteiger partial charge is 0.378 e. The van der Waals surface area contributed by atoms with Gasteiger partial charge in [-0.3, -0.25) is 0 Å². The maximum Gasteiger partial charge on any atom is 0.0361 e. The summed E-state index contributed by atoms with van der Waals surface area (Å²) in [6.07, 6.45) is 2.45. The Morgan fingerprint density at radius 3 is 1.95 bits per heavy atom. The molecule has 0 aliphatic carbocycles. The zero-order valence-corrected chi connectivity index (χ0v) is 13.7. The van der Waals surface area contributed by atoms with Gasteiger partial charge >= 0.3 is 0 Å². The highest BCUT2D eigenvalue weighted by Gasteiger charge is 2.16. The molecule has 2 aromatic rings. The summed E-state index contributed by atoms with van der Waals surface area (Å²) in [5.41, 5.74) is 4.11. The fourth-order valence-electron chi connectivity index (χ4n) is 2.72. The molecule has 0 aromatic heterocycles. The molecule has 112 valence electrons. The molecule has 2 atom stereocenters. The second-order valence-electron chi connectivity index (χ2n) is 6.20. The van der Waals surface area contributed by atoms with Crippen LogP contribution in [-0.2, 0) is 0 Å². The normalized spacial score (nSPS) is 13.7. The van der Waals surface area contributed by atoms with Crippen LogP contribution in [0, 0.1) is 5.92 Å². The summed E-state index contributed by atoms with van der Waals surface area (Å²) in [4.78, 5) is 2.15. The Balaban J connectivity index is 2.30. The molecule has 2 unspecified atom stereocenters. The minimum absolute atomic E-state index is 0.498. The molecule has 0 bridgehead atoms. The van der Waals surface area contributed by atoms with Gasteiger partial charge in [0.05, 0.1) is 0 Å². The van der Waals surface area contributed by atoms with Crippen LogP contribution >= 0.6 is 0 Å². The third kappa shape index (κ3) is 4.10. The van der Waals surface area contributed by atoms with Crippen molar-refractivity contribution in [2.45, 2.75) is 32.6 Å². The van der Waals surface area contributed by atoms with Gasteiger partial charge in [0.2, 0.25) is 0 Å². The van der Waals surface area contributed by atoms with Crippen molar-refractivity contribution in [3.63, 3.8) is 0 Å². The van der Waals surface area contributed by atoms with Gasteiger partial charge in [-0.05, 0) is 35.6 Å². The van der Waals surface area contributed by atoms with Crippen LogP contribution in [0.25, 0.3) is 0 Å². The van der Waals surface area contributed by atoms with Crippen molar-refractivity contribution in [3.8, 4) is 0 Å². The monoisotopic (exact) mass is 281 g/mol. The Morgan fingerprint density at radius 2 is 1.43 bits per heavy atom. The number of anilines is 1. The van der Waals surface area contributed by atoms with Crippen LogP contribution < -0.4 is 4.90 Å². The van der Waals surface area contributed by atoms with Crippen LogP contribution in [0.2, 0.25) is 0 Å². The average Bonchev–Trinajstić information content (AvgIpc) is 2.53. The van der Waals surface area contributed by atoms with Crippen molar-refractivity contribution in [1.82, 2.24) is 0 Å². The molecule has 0 saturated carbocycles. The first-order chi connectivity index (χ1) is 10.1. The molecule has 0 amide bonds. The molecule has 0 radical (unpaired) electrons. The molecule has 0 heterocycles. The first-order valence-electron chi connectivity index (χ1n) is 7.94. The van der Waals surface area contributed by atoms with Crippen LogP contribution in [0.1, 0.15) is 43.7 Å². The van der Waals surface area contributed by atoms with Crippen LogP contribution in [0.15, 0.2) is 54.6 Å². The topological polar surface area (TPSA) is 3.24 Å². The highest BCUT2D eigenvalue weighted by Crippen LogP contribution is 2.32. The highest BCUT2D eigenvalue weighted by atomic mass is 15.1. The zero-order valence-electron chi connectivity index (χ0n) is 13.7. The second kappa shape index (κ2) is 7.31. The zero-order chi connectivity index (χ0) is 15.2. The van der Waals surface area contributed by atoms with Gasteiger partial charge in [0.25, 0.3) is 0 Å². The van der Waals surface area contributed by atoms with Gasteiger partial charge in [-0.25, -0.2) is 0 Å². The Hall–Kier alpha value is -1.76. The van der Waals surface area contributed by atoms with E-state index in [1.807, 2.05) is 0 Å². The van der Waals surface area contributed by atoms with Crippen molar-refractivity contribution < 1.29 is 0 Å². The molecule has 0 saturated heterocycles. The van der Waals surface area contributed by atoms with Crippen LogP contribution in [0.3, 0.4) is 0 Å². The van der Waals surface area contributed by atoms with Crippen molar-refractivity contribution in [2.24, 2.45) is 5.92 Å². The highest BCUT2D eigenvalue weighted by molar-refractivity contribution is 5.47. The third-order valence-corrected chi connectivity index (χ3v) is 4.35. The smallest absolute Gasteiger partial charge is 0.0361 e. The Bertz CT molecular complexity index is 528. The lowest BCUT2D eigenvalue weighted by Crippen LogP contribution is -2.10. The van der Waals surface area contributed by atoms with Gasteiger partial charge in [0.1, 0.15) is 0 Å². The van der Waals surface area contributed by atoms with Gasteiger partial charge in [-0.2, -0.15) is 0 Å². The van der Waals surface area contributed by atoms with Gasteiger partial charge in [0.15, 0.2) is 0 Å². The maximum atomic E-state index is 2.35. The van der Waals surface area contributed by atoms with E-state index in [2.05, 4.69) is 87.4 Å². The van der Waals surface area contributed by atoms with Crippen molar-refractivity contribution in [3.05, 3.63) is 65.7 Å². The molecule has 0 N–H and O–H groups in total. The molecule has 0 spiro atoms. The summed E-state index contributed by atoms with van der Waals surface area (Å²) < 4.78 is 0. The minimum atomic E-state index is 0.498. The van der Waals surface area contributed by atoms with E-state index in [9.17, 15) is 0 Å². The molecule has 2 aromatic carbocycles. The number of hydrogen-bond donors (Lipinski definition) is 0. The fraction of sp³-hybridized carbons (Fsp3) is 0.400. The maximum absolute atomic E-state index is 2.35. The SMILES string of the molecule is CCC(C)CC(c1ccccc1)c1ccc(N(C)C)cc1. The van der Waals surface area contributed by atoms with E-state index in [1.165, 1.54) is 29.7 Å². The Labute approximate surface area is 129 Å². The molecule has 0 aliphatic heterocycles. The Kier molecular flexibility index (Phi) is 5.44. The first-order valence-corrected chi connectivity index (χ1v) is 7.94. The van der Waals surface area contributed by atoms with Gasteiger partial charge in [-0.15, -0.1) is 0 Å². The predicted molar refractivity (Wildman–Crippen MR) is 93.1 cm³/mol. The number of hydrogen-bond acceptors (Lipinski definition) is 1. The lowest BCUT2D eigenvalue weighted by molar-refractivity contribution is 0.484. The predicted octanol–water partition coefficient (Wildman–Crippen LogP) is 5.32. The van der Waals surface area contributed by atoms with E-state index >= 15 is 0 Å². The molecular formula is C20H27N. The standard InChI is InChI=1S/C20H27N/c1-5-16(2)15-20(17-9-7-6-8-10-17)18-11-13-19(14-12-18)21(3)4/h6-14,16,20H,5,15H2,1-4H3. The summed E-state index contributed by atoms with van der Waals surface area (Å²) in [6, 6.07) is 19.9. The third-order valence-electron chi connectivity index (χ3n) is 4.35. The summed E-state index contributed by atoms with van der Waals surface area (Å²) in [5, 5.41) is 0. The van der Waals surface area contributed by atoms with Gasteiger partial charge < -0.3 is 4.90 Å². The van der Waals surface area contributed by atoms with Crippen molar-refractivity contribution >= 4 is 5.69 Å². The first kappa shape index (κ1) is 15.6. The molecule has 1 nitrogen and oxygen atoms in total. The summed E-state index contributed by atoms with van der Waals surface area (Å²) in [7, 11) is 4.17. The van der Waals surface area contributed by atoms with E-state index in [1.54, 1.807) is 0 Å². The van der Waals surface area contributed by atoms with Crippen LogP contribution in [0.5, 0.6) is 0 Å². The second-order valence-corrected chi connectivity index (χ2v) is 6.20. The molecule has 0 aliphatic rings. The van der Waals surface area contributed by atoms with E-state index in [0.29, 0.717) is 5.92 Å². The number of rotatable bonds is 6. The summed E-state index contributed by atoms with van der Waals surface area (Å²) in [5.74, 6) is 1.24. The summed E-state index contributed by atoms with van der Waals surface area (Å²) in [6.45, 7) is 4.63. The lowest BCUT2D eigenvalue weighted by Gasteiger charge is -2.22. The van der Waals surface area contributed by atoms with Crippen LogP contribution in [0.4, 0.5) is 5.69 Å². The molecular weight excluding hydrogens is 254 g/mol. The van der Waals surface area contributed by atoms with E-state index in [-0.39, 0.29) is 0 Å². The number of benzene rings is 2. The lowest BCUT2D eigenvalue weighted by atomic mass is 9.83. The molecule has 1 heteroatoms. The fourth-order valence-corrected chi connectivity index (χ4v) is 2.72. The molecule has 21 heavy (non-hydrogen) atoms. The van der Waals surface area contributed by atoms with Crippen molar-refractivity contribution in [1.29, 1.82) is 0 Å². The van der Waals surface area contributed by atoms with Crippen molar-refractivity contribution in [2.75, 3.05) is 19.0 Å². The molecule has 2 rings (SSSR count). The van der Waals surface area contributed by atoms with Crippen LogP contribution in [-0.4, -0.2) is 14.1 Å². The quantitative estimate of drug-likeness (QED) is 0.692. The van der Waals surface area contributed by atoms with E-state index < -0.39 is 0 Å². The van der Waals surface area contributed by atoms with Gasteiger partial charge in [0, 0.05) is 25.7 Å².